The monoisotopic (exact) mass is 384 g/mol. The maximum absolute atomic E-state index is 12.1. The quantitative estimate of drug-likeness (QED) is 0.717. The molecule has 0 unspecified atom stereocenters. The molecule has 1 aromatic carbocycles. The van der Waals surface area contributed by atoms with Crippen LogP contribution in [0.4, 0.5) is 0 Å². The lowest BCUT2D eigenvalue weighted by Crippen LogP contribution is -2.34. The van der Waals surface area contributed by atoms with E-state index in [-0.39, 0.29) is 12.5 Å². The van der Waals surface area contributed by atoms with Crippen molar-refractivity contribution in [3.05, 3.63) is 53.9 Å². The van der Waals surface area contributed by atoms with Gasteiger partial charge in [-0.1, -0.05) is 18.1 Å². The van der Waals surface area contributed by atoms with Crippen molar-refractivity contribution in [1.29, 1.82) is 0 Å². The minimum Gasteiger partial charge on any atom is -0.481 e. The van der Waals surface area contributed by atoms with E-state index in [1.807, 2.05) is 24.3 Å². The maximum Gasteiger partial charge on any atom is 0.177 e. The first-order valence-corrected chi connectivity index (χ1v) is 10.9. The van der Waals surface area contributed by atoms with Gasteiger partial charge in [0.25, 0.3) is 0 Å². The van der Waals surface area contributed by atoms with Crippen LogP contribution in [0.15, 0.2) is 47.5 Å². The van der Waals surface area contributed by atoms with Crippen LogP contribution in [0.2, 0.25) is 0 Å². The molecule has 2 heterocycles. The summed E-state index contributed by atoms with van der Waals surface area (Å²) in [7, 11) is -3.28. The highest BCUT2D eigenvalue weighted by molar-refractivity contribution is 7.90. The smallest absolute Gasteiger partial charge is 0.177 e. The van der Waals surface area contributed by atoms with Gasteiger partial charge in [0.15, 0.2) is 9.84 Å². The predicted octanol–water partition coefficient (Wildman–Crippen LogP) is 2.88. The van der Waals surface area contributed by atoms with Crippen molar-refractivity contribution in [1.82, 2.24) is 9.88 Å². The third-order valence-electron chi connectivity index (χ3n) is 4.74. The molecule has 1 atom stereocenters. The molecule has 5 nitrogen and oxygen atoms in total. The fraction of sp³-hybridized carbons (Fsp3) is 0.381. The van der Waals surface area contributed by atoms with Crippen molar-refractivity contribution in [3.8, 4) is 18.1 Å². The summed E-state index contributed by atoms with van der Waals surface area (Å²) in [5, 5.41) is 0. The second-order valence-electron chi connectivity index (χ2n) is 6.87. The summed E-state index contributed by atoms with van der Waals surface area (Å²) < 4.78 is 29.6. The summed E-state index contributed by atoms with van der Waals surface area (Å²) in [5.74, 6) is 3.34. The first-order chi connectivity index (χ1) is 13.0. The van der Waals surface area contributed by atoms with E-state index < -0.39 is 9.84 Å². The lowest BCUT2D eigenvalue weighted by atomic mass is 9.94. The average molecular weight is 385 g/mol. The average Bonchev–Trinajstić information content (AvgIpc) is 2.67. The molecule has 2 aromatic rings. The molecule has 0 spiro atoms. The van der Waals surface area contributed by atoms with Gasteiger partial charge in [-0.15, -0.1) is 6.42 Å². The van der Waals surface area contributed by atoms with Crippen LogP contribution in [0.5, 0.6) is 5.75 Å². The van der Waals surface area contributed by atoms with Gasteiger partial charge in [-0.05, 0) is 49.2 Å². The van der Waals surface area contributed by atoms with Crippen molar-refractivity contribution in [2.24, 2.45) is 0 Å². The number of pyridine rings is 1. The molecule has 1 aliphatic heterocycles. The highest BCUT2D eigenvalue weighted by atomic mass is 32.2. The van der Waals surface area contributed by atoms with Gasteiger partial charge in [0, 0.05) is 31.5 Å². The number of sulfone groups is 1. The molecule has 0 aliphatic carbocycles. The molecule has 0 bridgehead atoms. The zero-order valence-corrected chi connectivity index (χ0v) is 16.3. The van der Waals surface area contributed by atoms with Crippen LogP contribution < -0.4 is 4.74 Å². The van der Waals surface area contributed by atoms with Crippen molar-refractivity contribution in [2.75, 3.05) is 26.0 Å². The van der Waals surface area contributed by atoms with E-state index in [1.165, 1.54) is 11.8 Å². The summed E-state index contributed by atoms with van der Waals surface area (Å²) in [6.07, 6.45) is 10.1. The Bertz CT molecular complexity index is 917. The number of rotatable bonds is 6. The Morgan fingerprint density at radius 3 is 2.78 bits per heavy atom. The molecule has 1 aromatic heterocycles. The minimum absolute atomic E-state index is 0.128. The Morgan fingerprint density at radius 1 is 1.30 bits per heavy atom. The van der Waals surface area contributed by atoms with Crippen LogP contribution in [0.25, 0.3) is 0 Å². The number of nitrogens with zero attached hydrogens (tertiary/aromatic N) is 2. The second-order valence-corrected chi connectivity index (χ2v) is 8.85. The standard InChI is InChI=1S/C21H24N2O3S/c1-3-14-26-19-10-8-17(9-11-19)15-23-13-5-6-18(16-23)21-20(27(2,24)25)7-4-12-22-21/h1,4,7-12,18H,5-6,13-16H2,2H3/t18-/m1/s1. The lowest BCUT2D eigenvalue weighted by molar-refractivity contribution is 0.197. The molecule has 0 saturated carbocycles. The molecule has 1 saturated heterocycles. The molecular weight excluding hydrogens is 360 g/mol. The van der Waals surface area contributed by atoms with Crippen LogP contribution in [0, 0.1) is 12.3 Å². The van der Waals surface area contributed by atoms with Crippen molar-refractivity contribution in [3.63, 3.8) is 0 Å². The predicted molar refractivity (Wildman–Crippen MR) is 105 cm³/mol. The molecule has 0 radical (unpaired) electrons. The van der Waals surface area contributed by atoms with Gasteiger partial charge < -0.3 is 4.74 Å². The number of ether oxygens (including phenoxy) is 1. The Kier molecular flexibility index (Phi) is 6.15. The fourth-order valence-electron chi connectivity index (χ4n) is 3.52. The molecule has 6 heteroatoms. The van der Waals surface area contributed by atoms with Crippen LogP contribution in [0.3, 0.4) is 0 Å². The highest BCUT2D eigenvalue weighted by Gasteiger charge is 2.27. The fourth-order valence-corrected chi connectivity index (χ4v) is 4.44. The van der Waals surface area contributed by atoms with Crippen molar-refractivity contribution in [2.45, 2.75) is 30.2 Å². The first kappa shape index (κ1) is 19.4. The summed E-state index contributed by atoms with van der Waals surface area (Å²) in [5.41, 5.74) is 1.88. The molecule has 142 valence electrons. The second kappa shape index (κ2) is 8.55. The van der Waals surface area contributed by atoms with E-state index in [2.05, 4.69) is 15.8 Å². The number of terminal acetylenes is 1. The Hall–Kier alpha value is -2.36. The molecular formula is C21H24N2O3S. The summed E-state index contributed by atoms with van der Waals surface area (Å²) >= 11 is 0. The first-order valence-electron chi connectivity index (χ1n) is 9.00. The number of hydrogen-bond acceptors (Lipinski definition) is 5. The summed E-state index contributed by atoms with van der Waals surface area (Å²) in [6.45, 7) is 2.87. The number of benzene rings is 1. The van der Waals surface area contributed by atoms with Gasteiger partial charge in [0.05, 0.1) is 10.6 Å². The molecule has 0 N–H and O–H groups in total. The van der Waals surface area contributed by atoms with Crippen LogP contribution in [0.1, 0.15) is 30.0 Å². The molecule has 0 amide bonds. The number of aromatic nitrogens is 1. The topological polar surface area (TPSA) is 59.5 Å². The van der Waals surface area contributed by atoms with E-state index in [4.69, 9.17) is 11.2 Å². The van der Waals surface area contributed by atoms with Gasteiger partial charge in [0.2, 0.25) is 0 Å². The third kappa shape index (κ3) is 5.09. The molecule has 3 rings (SSSR count). The maximum atomic E-state index is 12.1. The Morgan fingerprint density at radius 2 is 2.07 bits per heavy atom. The van der Waals surface area contributed by atoms with E-state index in [1.54, 1.807) is 18.3 Å². The largest absolute Gasteiger partial charge is 0.481 e. The molecule has 1 fully saturated rings. The van der Waals surface area contributed by atoms with Crippen molar-refractivity contribution >= 4 is 9.84 Å². The van der Waals surface area contributed by atoms with Crippen LogP contribution in [-0.4, -0.2) is 44.3 Å². The number of hydrogen-bond donors (Lipinski definition) is 0. The molecule has 1 aliphatic rings. The van der Waals surface area contributed by atoms with Crippen molar-refractivity contribution < 1.29 is 13.2 Å². The van der Waals surface area contributed by atoms with Gasteiger partial charge >= 0.3 is 0 Å². The lowest BCUT2D eigenvalue weighted by Gasteiger charge is -2.33. The Labute approximate surface area is 161 Å². The number of likely N-dealkylation sites (tertiary alicyclic amines) is 1. The third-order valence-corrected chi connectivity index (χ3v) is 5.89. The summed E-state index contributed by atoms with van der Waals surface area (Å²) in [6, 6.07) is 11.3. The summed E-state index contributed by atoms with van der Waals surface area (Å²) in [4.78, 5) is 7.12. The van der Waals surface area contributed by atoms with Crippen LogP contribution >= 0.6 is 0 Å². The van der Waals surface area contributed by atoms with E-state index in [0.717, 1.165) is 38.2 Å². The zero-order valence-electron chi connectivity index (χ0n) is 15.5. The van der Waals surface area contributed by atoms with Crippen LogP contribution in [-0.2, 0) is 16.4 Å². The normalized spacial score (nSPS) is 18.0. The zero-order chi connectivity index (χ0) is 19.3. The van der Waals surface area contributed by atoms with Gasteiger partial charge in [-0.2, -0.15) is 0 Å². The van der Waals surface area contributed by atoms with Gasteiger partial charge in [-0.25, -0.2) is 8.42 Å². The van der Waals surface area contributed by atoms with E-state index in [9.17, 15) is 8.42 Å². The van der Waals surface area contributed by atoms with E-state index in [0.29, 0.717) is 10.6 Å². The minimum atomic E-state index is -3.28. The number of piperidine rings is 1. The SMILES string of the molecule is C#CCOc1ccc(CN2CCC[C@@H](c3ncccc3S(C)(=O)=O)C2)cc1. The highest BCUT2D eigenvalue weighted by Crippen LogP contribution is 2.30. The van der Waals surface area contributed by atoms with Gasteiger partial charge in [-0.3, -0.25) is 9.88 Å². The van der Waals surface area contributed by atoms with E-state index >= 15 is 0 Å². The Balaban J connectivity index is 1.69. The molecule has 27 heavy (non-hydrogen) atoms. The van der Waals surface area contributed by atoms with Gasteiger partial charge in [0.1, 0.15) is 12.4 Å².